The van der Waals surface area contributed by atoms with Gasteiger partial charge in [-0.3, -0.25) is 4.79 Å². The Morgan fingerprint density at radius 1 is 1.27 bits per heavy atom. The zero-order chi connectivity index (χ0) is 17.7. The number of anilines is 1. The lowest BCUT2D eigenvalue weighted by atomic mass is 9.77. The Balaban J connectivity index is 1.46. The molecule has 1 aliphatic carbocycles. The molecular weight excluding hydrogens is 328 g/mol. The Labute approximate surface area is 150 Å². The third-order valence-corrected chi connectivity index (χ3v) is 5.79. The van der Waals surface area contributed by atoms with Crippen molar-refractivity contribution in [3.63, 3.8) is 0 Å². The van der Waals surface area contributed by atoms with Crippen LogP contribution in [0.1, 0.15) is 40.9 Å². The van der Waals surface area contributed by atoms with Crippen LogP contribution >= 0.6 is 0 Å². The van der Waals surface area contributed by atoms with E-state index in [1.165, 1.54) is 5.56 Å². The topological polar surface area (TPSA) is 101 Å². The number of carbonyl (C=O) groups excluding carboxylic acids is 1. The number of benzene rings is 1. The van der Waals surface area contributed by atoms with E-state index >= 15 is 0 Å². The number of fused-ring (bicyclic) bond motifs is 3. The summed E-state index contributed by atoms with van der Waals surface area (Å²) in [5, 5.41) is 0. The standard InChI is InChI=1S/C19H20N6O/c20-18-21-9-13-4-6-19(16(13)24-18)5-1-7-25(10-19)17(26)12-2-3-14-15(8-12)23-11-22-14/h2-3,8-9,11H,1,4-7,10H2,(H,22,23)(H2,20,21,24). The van der Waals surface area contributed by atoms with Gasteiger partial charge in [0.25, 0.3) is 5.91 Å². The third kappa shape index (κ3) is 2.27. The van der Waals surface area contributed by atoms with Gasteiger partial charge in [-0.1, -0.05) is 0 Å². The summed E-state index contributed by atoms with van der Waals surface area (Å²) in [7, 11) is 0. The van der Waals surface area contributed by atoms with Crippen LogP contribution in [-0.4, -0.2) is 43.8 Å². The number of nitrogens with one attached hydrogen (secondary N) is 1. The maximum atomic E-state index is 13.1. The van der Waals surface area contributed by atoms with Crippen molar-refractivity contribution >= 4 is 22.9 Å². The summed E-state index contributed by atoms with van der Waals surface area (Å²) < 4.78 is 0. The van der Waals surface area contributed by atoms with Crippen LogP contribution in [-0.2, 0) is 11.8 Å². The fraction of sp³-hybridized carbons (Fsp3) is 0.368. The minimum absolute atomic E-state index is 0.0658. The van der Waals surface area contributed by atoms with Crippen molar-refractivity contribution in [3.8, 4) is 0 Å². The van der Waals surface area contributed by atoms with Gasteiger partial charge in [-0.25, -0.2) is 15.0 Å². The van der Waals surface area contributed by atoms with Crippen molar-refractivity contribution in [3.05, 3.63) is 47.5 Å². The molecule has 2 aromatic heterocycles. The molecule has 1 amide bonds. The smallest absolute Gasteiger partial charge is 0.253 e. The van der Waals surface area contributed by atoms with Gasteiger partial charge >= 0.3 is 0 Å². The summed E-state index contributed by atoms with van der Waals surface area (Å²) in [4.78, 5) is 31.1. The molecule has 1 aliphatic heterocycles. The predicted molar refractivity (Wildman–Crippen MR) is 97.7 cm³/mol. The van der Waals surface area contributed by atoms with Crippen LogP contribution in [0.15, 0.2) is 30.7 Å². The number of nitrogens with zero attached hydrogens (tertiary/aromatic N) is 4. The number of carbonyl (C=O) groups is 1. The SMILES string of the molecule is Nc1ncc2c(n1)C1(CCCN(C(=O)c3ccc4nc[nH]c4c3)C1)CC2. The van der Waals surface area contributed by atoms with Gasteiger partial charge in [-0.15, -0.1) is 0 Å². The number of hydrogen-bond acceptors (Lipinski definition) is 5. The van der Waals surface area contributed by atoms with Gasteiger partial charge in [0, 0.05) is 30.3 Å². The number of aromatic nitrogens is 4. The average molecular weight is 348 g/mol. The number of hydrogen-bond donors (Lipinski definition) is 2. The maximum absolute atomic E-state index is 13.1. The second-order valence-corrected chi connectivity index (χ2v) is 7.35. The molecule has 1 fully saturated rings. The number of aryl methyl sites for hydroxylation is 1. The summed E-state index contributed by atoms with van der Waals surface area (Å²) in [5.41, 5.74) is 10.4. The van der Waals surface area contributed by atoms with Gasteiger partial charge in [0.15, 0.2) is 0 Å². The summed E-state index contributed by atoms with van der Waals surface area (Å²) in [6, 6.07) is 5.63. The Bertz CT molecular complexity index is 1010. The Morgan fingerprint density at radius 2 is 2.19 bits per heavy atom. The Hall–Kier alpha value is -2.96. The molecule has 1 aromatic carbocycles. The van der Waals surface area contributed by atoms with Crippen LogP contribution in [0.25, 0.3) is 11.0 Å². The molecular formula is C19H20N6O. The minimum atomic E-state index is -0.0849. The first-order chi connectivity index (χ1) is 12.6. The zero-order valence-electron chi connectivity index (χ0n) is 14.4. The van der Waals surface area contributed by atoms with Gasteiger partial charge in [0.1, 0.15) is 0 Å². The molecule has 1 unspecified atom stereocenters. The number of rotatable bonds is 1. The maximum Gasteiger partial charge on any atom is 0.253 e. The highest BCUT2D eigenvalue weighted by Crippen LogP contribution is 2.44. The Morgan fingerprint density at radius 3 is 3.12 bits per heavy atom. The van der Waals surface area contributed by atoms with Crippen molar-refractivity contribution in [2.24, 2.45) is 0 Å². The number of likely N-dealkylation sites (tertiary alicyclic amines) is 1. The lowest BCUT2D eigenvalue weighted by Crippen LogP contribution is -2.48. The van der Waals surface area contributed by atoms with Gasteiger partial charge in [0.2, 0.25) is 5.95 Å². The number of nitrogen functional groups attached to an aromatic ring is 1. The third-order valence-electron chi connectivity index (χ3n) is 5.79. The number of piperidine rings is 1. The van der Waals surface area contributed by atoms with E-state index in [1.54, 1.807) is 6.33 Å². The first-order valence-corrected chi connectivity index (χ1v) is 8.99. The first kappa shape index (κ1) is 15.3. The molecule has 5 rings (SSSR count). The van der Waals surface area contributed by atoms with Crippen LogP contribution in [0.4, 0.5) is 5.95 Å². The molecule has 3 heterocycles. The molecule has 0 bridgehead atoms. The van der Waals surface area contributed by atoms with Crippen LogP contribution < -0.4 is 5.73 Å². The van der Waals surface area contributed by atoms with Crippen LogP contribution in [0.5, 0.6) is 0 Å². The second-order valence-electron chi connectivity index (χ2n) is 7.35. The molecule has 7 heteroatoms. The molecule has 1 saturated heterocycles. The first-order valence-electron chi connectivity index (χ1n) is 8.99. The van der Waals surface area contributed by atoms with Crippen molar-refractivity contribution in [2.75, 3.05) is 18.8 Å². The monoisotopic (exact) mass is 348 g/mol. The Kier molecular flexibility index (Phi) is 3.25. The molecule has 2 aliphatic rings. The molecule has 26 heavy (non-hydrogen) atoms. The lowest BCUT2D eigenvalue weighted by Gasteiger charge is -2.40. The van der Waals surface area contributed by atoms with Crippen LogP contribution in [0.3, 0.4) is 0 Å². The summed E-state index contributed by atoms with van der Waals surface area (Å²) in [5.74, 6) is 0.384. The van der Waals surface area contributed by atoms with Gasteiger partial charge in [-0.05, 0) is 49.4 Å². The second kappa shape index (κ2) is 5.52. The number of aromatic amines is 1. The highest BCUT2D eigenvalue weighted by molar-refractivity contribution is 5.97. The molecule has 0 radical (unpaired) electrons. The predicted octanol–water partition coefficient (Wildman–Crippen LogP) is 2.06. The van der Waals surface area contributed by atoms with E-state index in [9.17, 15) is 4.79 Å². The number of amides is 1. The molecule has 132 valence electrons. The lowest BCUT2D eigenvalue weighted by molar-refractivity contribution is 0.0633. The molecule has 0 saturated carbocycles. The van der Waals surface area contributed by atoms with E-state index in [-0.39, 0.29) is 11.3 Å². The fourth-order valence-electron chi connectivity index (χ4n) is 4.51. The fourth-order valence-corrected chi connectivity index (χ4v) is 4.51. The average Bonchev–Trinajstić information content (AvgIpc) is 3.26. The van der Waals surface area contributed by atoms with Crippen molar-refractivity contribution in [2.45, 2.75) is 31.1 Å². The molecule has 1 spiro atoms. The highest BCUT2D eigenvalue weighted by Gasteiger charge is 2.44. The van der Waals surface area contributed by atoms with E-state index in [1.807, 2.05) is 29.3 Å². The molecule has 3 aromatic rings. The highest BCUT2D eigenvalue weighted by atomic mass is 16.2. The van der Waals surface area contributed by atoms with Crippen molar-refractivity contribution in [1.29, 1.82) is 0 Å². The van der Waals surface area contributed by atoms with E-state index < -0.39 is 0 Å². The molecule has 1 atom stereocenters. The zero-order valence-corrected chi connectivity index (χ0v) is 14.4. The van der Waals surface area contributed by atoms with E-state index in [4.69, 9.17) is 5.73 Å². The van der Waals surface area contributed by atoms with E-state index in [0.717, 1.165) is 49.0 Å². The molecule has 3 N–H and O–H groups in total. The summed E-state index contributed by atoms with van der Waals surface area (Å²) >= 11 is 0. The molecule has 7 nitrogen and oxygen atoms in total. The van der Waals surface area contributed by atoms with E-state index in [0.29, 0.717) is 18.1 Å². The quantitative estimate of drug-likeness (QED) is 0.701. The number of imidazole rings is 1. The van der Waals surface area contributed by atoms with Crippen LogP contribution in [0, 0.1) is 0 Å². The number of nitrogens with two attached hydrogens (primary N) is 1. The number of H-pyrrole nitrogens is 1. The van der Waals surface area contributed by atoms with Crippen molar-refractivity contribution < 1.29 is 4.79 Å². The van der Waals surface area contributed by atoms with Gasteiger partial charge in [-0.2, -0.15) is 0 Å². The van der Waals surface area contributed by atoms with Gasteiger partial charge in [0.05, 0.1) is 23.1 Å². The van der Waals surface area contributed by atoms with Crippen LogP contribution in [0.2, 0.25) is 0 Å². The summed E-state index contributed by atoms with van der Waals surface area (Å²) in [6.07, 6.45) is 7.47. The summed E-state index contributed by atoms with van der Waals surface area (Å²) in [6.45, 7) is 1.47. The minimum Gasteiger partial charge on any atom is -0.368 e. The normalized spacial score (nSPS) is 22.1. The largest absolute Gasteiger partial charge is 0.368 e. The van der Waals surface area contributed by atoms with Crippen molar-refractivity contribution in [1.82, 2.24) is 24.8 Å². The van der Waals surface area contributed by atoms with Gasteiger partial charge < -0.3 is 15.6 Å². The van der Waals surface area contributed by atoms with E-state index in [2.05, 4.69) is 19.9 Å².